The summed E-state index contributed by atoms with van der Waals surface area (Å²) in [6.45, 7) is 2.04. The Morgan fingerprint density at radius 1 is 1.12 bits per heavy atom. The van der Waals surface area contributed by atoms with E-state index in [0.29, 0.717) is 5.56 Å². The predicted molar refractivity (Wildman–Crippen MR) is 69.6 cm³/mol. The molecule has 0 atom stereocenters. The molecular formula is C15H12N2. The van der Waals surface area contributed by atoms with Gasteiger partial charge in [-0.3, -0.25) is 4.99 Å². The highest BCUT2D eigenvalue weighted by molar-refractivity contribution is 5.82. The van der Waals surface area contributed by atoms with Crippen LogP contribution in [0, 0.1) is 18.3 Å². The molecule has 82 valence electrons. The number of rotatable bonds is 2. The molecule has 0 aliphatic rings. The van der Waals surface area contributed by atoms with Gasteiger partial charge in [0.25, 0.3) is 0 Å². The van der Waals surface area contributed by atoms with Crippen LogP contribution in [0.3, 0.4) is 0 Å². The molecular weight excluding hydrogens is 208 g/mol. The van der Waals surface area contributed by atoms with Crippen LogP contribution in [0.2, 0.25) is 0 Å². The van der Waals surface area contributed by atoms with Gasteiger partial charge in [0.2, 0.25) is 0 Å². The maximum atomic E-state index is 8.79. The molecule has 0 spiro atoms. The van der Waals surface area contributed by atoms with E-state index in [1.807, 2.05) is 49.4 Å². The van der Waals surface area contributed by atoms with Crippen molar-refractivity contribution in [1.29, 1.82) is 5.26 Å². The van der Waals surface area contributed by atoms with E-state index in [-0.39, 0.29) is 0 Å². The van der Waals surface area contributed by atoms with Crippen molar-refractivity contribution in [1.82, 2.24) is 0 Å². The highest BCUT2D eigenvalue weighted by Crippen LogP contribution is 2.13. The third-order valence-electron chi connectivity index (χ3n) is 2.38. The summed E-state index contributed by atoms with van der Waals surface area (Å²) in [6, 6.07) is 17.5. The third-order valence-corrected chi connectivity index (χ3v) is 2.38. The maximum absolute atomic E-state index is 8.79. The quantitative estimate of drug-likeness (QED) is 0.712. The number of hydrogen-bond donors (Lipinski definition) is 0. The smallest absolute Gasteiger partial charge is 0.0991 e. The number of benzene rings is 2. The van der Waals surface area contributed by atoms with Gasteiger partial charge in [0, 0.05) is 6.21 Å². The Kier molecular flexibility index (Phi) is 3.32. The van der Waals surface area contributed by atoms with E-state index in [2.05, 4.69) is 11.1 Å². The number of aryl methyl sites for hydroxylation is 1. The van der Waals surface area contributed by atoms with E-state index in [1.54, 1.807) is 12.3 Å². The van der Waals surface area contributed by atoms with Crippen molar-refractivity contribution >= 4 is 11.9 Å². The monoisotopic (exact) mass is 220 g/mol. The molecule has 0 N–H and O–H groups in total. The second-order valence-electron chi connectivity index (χ2n) is 3.83. The van der Waals surface area contributed by atoms with Crippen LogP contribution in [-0.2, 0) is 0 Å². The molecule has 2 aromatic carbocycles. The normalized spacial score (nSPS) is 10.4. The molecule has 0 saturated carbocycles. The summed E-state index contributed by atoms with van der Waals surface area (Å²) in [5, 5.41) is 8.79. The van der Waals surface area contributed by atoms with E-state index in [1.165, 1.54) is 5.56 Å². The van der Waals surface area contributed by atoms with Crippen molar-refractivity contribution in [3.8, 4) is 6.07 Å². The van der Waals surface area contributed by atoms with E-state index < -0.39 is 0 Å². The Hall–Kier alpha value is -2.40. The van der Waals surface area contributed by atoms with Crippen LogP contribution in [0.25, 0.3) is 0 Å². The lowest BCUT2D eigenvalue weighted by molar-refractivity contribution is 1.43. The summed E-state index contributed by atoms with van der Waals surface area (Å²) in [5.74, 6) is 0. The maximum Gasteiger partial charge on any atom is 0.0991 e. The molecule has 0 fully saturated rings. The first kappa shape index (κ1) is 11.1. The van der Waals surface area contributed by atoms with Gasteiger partial charge in [-0.05, 0) is 42.3 Å². The molecule has 2 rings (SSSR count). The third kappa shape index (κ3) is 3.02. The summed E-state index contributed by atoms with van der Waals surface area (Å²) in [6.07, 6.45) is 1.77. The zero-order valence-corrected chi connectivity index (χ0v) is 9.59. The summed E-state index contributed by atoms with van der Waals surface area (Å²) >= 11 is 0. The summed E-state index contributed by atoms with van der Waals surface area (Å²) in [5.41, 5.74) is 3.70. The Morgan fingerprint density at radius 3 is 2.71 bits per heavy atom. The highest BCUT2D eigenvalue weighted by atomic mass is 14.7. The van der Waals surface area contributed by atoms with Crippen molar-refractivity contribution in [2.24, 2.45) is 4.99 Å². The number of aliphatic imine (C=N–C) groups is 1. The van der Waals surface area contributed by atoms with Crippen molar-refractivity contribution in [2.75, 3.05) is 0 Å². The van der Waals surface area contributed by atoms with Gasteiger partial charge < -0.3 is 0 Å². The topological polar surface area (TPSA) is 36.1 Å². The molecule has 0 amide bonds. The molecule has 0 heterocycles. The van der Waals surface area contributed by atoms with Gasteiger partial charge in [0.15, 0.2) is 0 Å². The summed E-state index contributed by atoms with van der Waals surface area (Å²) in [4.78, 5) is 4.38. The zero-order valence-electron chi connectivity index (χ0n) is 9.59. The molecule has 0 bridgehead atoms. The van der Waals surface area contributed by atoms with E-state index in [4.69, 9.17) is 5.26 Å². The molecule has 2 aromatic rings. The van der Waals surface area contributed by atoms with E-state index in [0.717, 1.165) is 11.3 Å². The predicted octanol–water partition coefficient (Wildman–Crippen LogP) is 3.62. The Balaban J connectivity index is 2.23. The van der Waals surface area contributed by atoms with Crippen molar-refractivity contribution in [3.05, 3.63) is 65.2 Å². The van der Waals surface area contributed by atoms with Crippen LogP contribution in [0.15, 0.2) is 53.5 Å². The van der Waals surface area contributed by atoms with Crippen molar-refractivity contribution in [3.63, 3.8) is 0 Å². The first-order valence-corrected chi connectivity index (χ1v) is 5.39. The summed E-state index contributed by atoms with van der Waals surface area (Å²) in [7, 11) is 0. The SMILES string of the molecule is Cc1cccc(N=Cc2cccc(C#N)c2)c1. The average molecular weight is 220 g/mol. The van der Waals surface area contributed by atoms with Gasteiger partial charge in [-0.15, -0.1) is 0 Å². The van der Waals surface area contributed by atoms with Gasteiger partial charge in [-0.1, -0.05) is 24.3 Å². The van der Waals surface area contributed by atoms with Gasteiger partial charge in [0.05, 0.1) is 17.3 Å². The molecule has 0 aromatic heterocycles. The van der Waals surface area contributed by atoms with E-state index in [9.17, 15) is 0 Å². The van der Waals surface area contributed by atoms with Crippen LogP contribution < -0.4 is 0 Å². The van der Waals surface area contributed by atoms with Crippen LogP contribution >= 0.6 is 0 Å². The molecule has 0 aliphatic carbocycles. The van der Waals surface area contributed by atoms with Crippen LogP contribution in [0.5, 0.6) is 0 Å². The van der Waals surface area contributed by atoms with Crippen LogP contribution in [0.1, 0.15) is 16.7 Å². The minimum Gasteiger partial charge on any atom is -0.256 e. The number of nitrogens with zero attached hydrogens (tertiary/aromatic N) is 2. The molecule has 2 heteroatoms. The number of hydrogen-bond acceptors (Lipinski definition) is 2. The van der Waals surface area contributed by atoms with Crippen molar-refractivity contribution < 1.29 is 0 Å². The standard InChI is InChI=1S/C15H12N2/c1-12-4-2-7-15(8-12)17-11-14-6-3-5-13(9-14)10-16/h2-9,11H,1H3. The fourth-order valence-electron chi connectivity index (χ4n) is 1.55. The fraction of sp³-hybridized carbons (Fsp3) is 0.0667. The van der Waals surface area contributed by atoms with Crippen molar-refractivity contribution in [2.45, 2.75) is 6.92 Å². The first-order chi connectivity index (χ1) is 8.28. The first-order valence-electron chi connectivity index (χ1n) is 5.39. The average Bonchev–Trinajstić information content (AvgIpc) is 2.37. The lowest BCUT2D eigenvalue weighted by Gasteiger charge is -1.96. The highest BCUT2D eigenvalue weighted by Gasteiger charge is 1.92. The van der Waals surface area contributed by atoms with Gasteiger partial charge in [0.1, 0.15) is 0 Å². The lowest BCUT2D eigenvalue weighted by Crippen LogP contribution is -1.82. The largest absolute Gasteiger partial charge is 0.256 e. The second-order valence-corrected chi connectivity index (χ2v) is 3.83. The minimum absolute atomic E-state index is 0.651. The van der Waals surface area contributed by atoms with Gasteiger partial charge in [-0.25, -0.2) is 0 Å². The minimum atomic E-state index is 0.651. The Bertz CT molecular complexity index is 592. The Morgan fingerprint density at radius 2 is 1.94 bits per heavy atom. The molecule has 0 aliphatic heterocycles. The molecule has 0 unspecified atom stereocenters. The number of nitriles is 1. The molecule has 0 radical (unpaired) electrons. The zero-order chi connectivity index (χ0) is 12.1. The van der Waals surface area contributed by atoms with E-state index >= 15 is 0 Å². The van der Waals surface area contributed by atoms with Crippen LogP contribution in [-0.4, -0.2) is 6.21 Å². The Labute approximate surface area is 101 Å². The molecule has 2 nitrogen and oxygen atoms in total. The van der Waals surface area contributed by atoms with Gasteiger partial charge >= 0.3 is 0 Å². The van der Waals surface area contributed by atoms with Crippen LogP contribution in [0.4, 0.5) is 5.69 Å². The van der Waals surface area contributed by atoms with Gasteiger partial charge in [-0.2, -0.15) is 5.26 Å². The lowest BCUT2D eigenvalue weighted by atomic mass is 10.1. The second kappa shape index (κ2) is 5.09. The molecule has 0 saturated heterocycles. The fourth-order valence-corrected chi connectivity index (χ4v) is 1.55. The molecule has 17 heavy (non-hydrogen) atoms. The summed E-state index contributed by atoms with van der Waals surface area (Å²) < 4.78 is 0.